The van der Waals surface area contributed by atoms with Gasteiger partial charge >= 0.3 is 0 Å². The van der Waals surface area contributed by atoms with E-state index in [0.29, 0.717) is 11.4 Å². The predicted octanol–water partition coefficient (Wildman–Crippen LogP) is 0.984. The summed E-state index contributed by atoms with van der Waals surface area (Å²) >= 11 is 0. The third-order valence-electron chi connectivity index (χ3n) is 1.74. The van der Waals surface area contributed by atoms with Gasteiger partial charge in [-0.3, -0.25) is 4.55 Å². The largest absolute Gasteiger partial charge is 0.495 e. The Balaban J connectivity index is 3.28. The summed E-state index contributed by atoms with van der Waals surface area (Å²) in [6.45, 7) is 0. The molecule has 0 heterocycles. The lowest BCUT2D eigenvalue weighted by Crippen LogP contribution is -2.00. The van der Waals surface area contributed by atoms with Gasteiger partial charge in [0.2, 0.25) is 0 Å². The smallest absolute Gasteiger partial charge is 0.294 e. The van der Waals surface area contributed by atoms with Crippen molar-refractivity contribution in [2.45, 2.75) is 4.90 Å². The van der Waals surface area contributed by atoms with Gasteiger partial charge in [0.25, 0.3) is 10.1 Å². The number of methoxy groups -OCH3 is 1. The molecule has 0 amide bonds. The number of anilines is 1. The first-order chi connectivity index (χ1) is 6.49. The molecule has 6 heteroatoms. The fraction of sp³-hybridized carbons (Fsp3) is 0.250. The second-order valence-corrected chi connectivity index (χ2v) is 4.01. The Kier molecular flexibility index (Phi) is 2.97. The Hall–Kier alpha value is -1.27. The van der Waals surface area contributed by atoms with Crippen LogP contribution in [0.1, 0.15) is 0 Å². The van der Waals surface area contributed by atoms with Crippen molar-refractivity contribution >= 4 is 15.8 Å². The van der Waals surface area contributed by atoms with Crippen molar-refractivity contribution in [1.82, 2.24) is 0 Å². The lowest BCUT2D eigenvalue weighted by Gasteiger charge is -2.08. The molecule has 1 rings (SSSR count). The van der Waals surface area contributed by atoms with Crippen LogP contribution in [0.25, 0.3) is 0 Å². The van der Waals surface area contributed by atoms with Gasteiger partial charge in [-0.25, -0.2) is 0 Å². The van der Waals surface area contributed by atoms with Crippen LogP contribution in [0.5, 0.6) is 5.75 Å². The molecule has 0 spiro atoms. The zero-order valence-corrected chi connectivity index (χ0v) is 8.63. The van der Waals surface area contributed by atoms with Crippen LogP contribution in [0, 0.1) is 0 Å². The topological polar surface area (TPSA) is 75.6 Å². The highest BCUT2D eigenvalue weighted by molar-refractivity contribution is 7.85. The lowest BCUT2D eigenvalue weighted by atomic mass is 10.3. The Morgan fingerprint density at radius 1 is 1.43 bits per heavy atom. The monoisotopic (exact) mass is 217 g/mol. The summed E-state index contributed by atoms with van der Waals surface area (Å²) in [5.41, 5.74) is 0.502. The first-order valence-corrected chi connectivity index (χ1v) is 5.26. The van der Waals surface area contributed by atoms with Crippen LogP contribution >= 0.6 is 0 Å². The van der Waals surface area contributed by atoms with E-state index < -0.39 is 10.1 Å². The molecule has 14 heavy (non-hydrogen) atoms. The summed E-state index contributed by atoms with van der Waals surface area (Å²) in [7, 11) is -1.05. The van der Waals surface area contributed by atoms with Gasteiger partial charge in [0.05, 0.1) is 17.7 Å². The maximum atomic E-state index is 10.8. The van der Waals surface area contributed by atoms with Gasteiger partial charge in [-0.2, -0.15) is 8.42 Å². The Morgan fingerprint density at radius 3 is 2.50 bits per heavy atom. The van der Waals surface area contributed by atoms with E-state index in [0.717, 1.165) is 0 Å². The van der Waals surface area contributed by atoms with Crippen molar-refractivity contribution in [2.24, 2.45) is 0 Å². The molecule has 0 aromatic heterocycles. The summed E-state index contributed by atoms with van der Waals surface area (Å²) in [4.78, 5) is -0.164. The molecule has 0 fully saturated rings. The Labute approximate surface area is 82.5 Å². The van der Waals surface area contributed by atoms with Crippen molar-refractivity contribution in [3.63, 3.8) is 0 Å². The molecule has 78 valence electrons. The van der Waals surface area contributed by atoms with Crippen molar-refractivity contribution in [1.29, 1.82) is 0 Å². The van der Waals surface area contributed by atoms with E-state index in [9.17, 15) is 8.42 Å². The highest BCUT2D eigenvalue weighted by Crippen LogP contribution is 2.26. The molecule has 0 saturated heterocycles. The van der Waals surface area contributed by atoms with Gasteiger partial charge in [0, 0.05) is 7.05 Å². The molecule has 1 aromatic carbocycles. The first kappa shape index (κ1) is 10.8. The molecule has 0 unspecified atom stereocenters. The van der Waals surface area contributed by atoms with Crippen LogP contribution in [0.3, 0.4) is 0 Å². The highest BCUT2D eigenvalue weighted by Gasteiger charge is 2.12. The molecule has 0 radical (unpaired) electrons. The molecule has 0 saturated carbocycles. The van der Waals surface area contributed by atoms with Gasteiger partial charge in [-0.05, 0) is 18.2 Å². The minimum absolute atomic E-state index is 0.164. The number of nitrogens with one attached hydrogen (secondary N) is 1. The van der Waals surface area contributed by atoms with E-state index in [1.54, 1.807) is 7.05 Å². The summed E-state index contributed by atoms with van der Waals surface area (Å²) in [6.07, 6.45) is 0. The number of rotatable bonds is 3. The van der Waals surface area contributed by atoms with Crippen LogP contribution in [0.2, 0.25) is 0 Å². The quantitative estimate of drug-likeness (QED) is 0.738. The fourth-order valence-corrected chi connectivity index (χ4v) is 1.55. The molecule has 0 aliphatic carbocycles. The third kappa shape index (κ3) is 2.15. The van der Waals surface area contributed by atoms with Crippen molar-refractivity contribution in [3.8, 4) is 5.75 Å². The van der Waals surface area contributed by atoms with E-state index in [4.69, 9.17) is 9.29 Å². The number of benzene rings is 1. The standard InChI is InChI=1S/C8H11NO4S/c1-9-7-5-6(14(10,11)12)3-4-8(7)13-2/h3-5,9H,1-2H3,(H,10,11,12). The van der Waals surface area contributed by atoms with Crippen LogP contribution in [0.15, 0.2) is 23.1 Å². The summed E-state index contributed by atoms with van der Waals surface area (Å²) in [5, 5.41) is 2.76. The zero-order valence-electron chi connectivity index (χ0n) is 7.81. The van der Waals surface area contributed by atoms with Crippen LogP contribution < -0.4 is 10.1 Å². The fourth-order valence-electron chi connectivity index (χ4n) is 1.04. The van der Waals surface area contributed by atoms with Gasteiger partial charge in [0.1, 0.15) is 5.75 Å². The molecule has 2 N–H and O–H groups in total. The molecule has 0 aliphatic heterocycles. The molecule has 0 aliphatic rings. The normalized spacial score (nSPS) is 11.1. The highest BCUT2D eigenvalue weighted by atomic mass is 32.2. The molecule has 5 nitrogen and oxygen atoms in total. The molecule has 0 bridgehead atoms. The molecular formula is C8H11NO4S. The minimum Gasteiger partial charge on any atom is -0.495 e. The van der Waals surface area contributed by atoms with Gasteiger partial charge in [-0.15, -0.1) is 0 Å². The molecule has 0 atom stereocenters. The van der Waals surface area contributed by atoms with Crippen LogP contribution in [-0.2, 0) is 10.1 Å². The van der Waals surface area contributed by atoms with Crippen LogP contribution in [-0.4, -0.2) is 27.1 Å². The van der Waals surface area contributed by atoms with E-state index in [2.05, 4.69) is 5.32 Å². The van der Waals surface area contributed by atoms with Crippen LogP contribution in [0.4, 0.5) is 5.69 Å². The summed E-state index contributed by atoms with van der Waals surface area (Å²) < 4.78 is 35.3. The lowest BCUT2D eigenvalue weighted by molar-refractivity contribution is 0.416. The van der Waals surface area contributed by atoms with Crippen molar-refractivity contribution < 1.29 is 17.7 Å². The van der Waals surface area contributed by atoms with Gasteiger partial charge in [-0.1, -0.05) is 0 Å². The number of ether oxygens (including phenoxy) is 1. The summed E-state index contributed by atoms with van der Waals surface area (Å²) in [5.74, 6) is 0.514. The van der Waals surface area contributed by atoms with Crippen molar-refractivity contribution in [3.05, 3.63) is 18.2 Å². The number of hydrogen-bond donors (Lipinski definition) is 2. The van der Waals surface area contributed by atoms with E-state index >= 15 is 0 Å². The van der Waals surface area contributed by atoms with E-state index in [1.807, 2.05) is 0 Å². The third-order valence-corrected chi connectivity index (χ3v) is 2.59. The second-order valence-electron chi connectivity index (χ2n) is 2.59. The molecule has 1 aromatic rings. The zero-order chi connectivity index (χ0) is 10.8. The minimum atomic E-state index is -4.16. The maximum Gasteiger partial charge on any atom is 0.294 e. The molecular weight excluding hydrogens is 206 g/mol. The summed E-state index contributed by atoms with van der Waals surface area (Å²) in [6, 6.07) is 4.04. The maximum absolute atomic E-state index is 10.8. The average molecular weight is 217 g/mol. The Bertz CT molecular complexity index is 427. The SMILES string of the molecule is CNc1cc(S(=O)(=O)O)ccc1OC. The second kappa shape index (κ2) is 3.85. The average Bonchev–Trinajstić information content (AvgIpc) is 2.15. The van der Waals surface area contributed by atoms with E-state index in [-0.39, 0.29) is 4.90 Å². The Morgan fingerprint density at radius 2 is 2.07 bits per heavy atom. The number of hydrogen-bond acceptors (Lipinski definition) is 4. The van der Waals surface area contributed by atoms with Gasteiger partial charge < -0.3 is 10.1 Å². The van der Waals surface area contributed by atoms with Crippen molar-refractivity contribution in [2.75, 3.05) is 19.5 Å². The predicted molar refractivity (Wildman–Crippen MR) is 52.4 cm³/mol. The van der Waals surface area contributed by atoms with Gasteiger partial charge in [0.15, 0.2) is 0 Å². The first-order valence-electron chi connectivity index (χ1n) is 3.82. The van der Waals surface area contributed by atoms with E-state index in [1.165, 1.54) is 25.3 Å².